The number of carbonyl (C=O) groups excluding carboxylic acids is 1. The normalized spacial score (nSPS) is 14.8. The van der Waals surface area contributed by atoms with E-state index in [1.165, 1.54) is 0 Å². The van der Waals surface area contributed by atoms with Crippen molar-refractivity contribution >= 4 is 23.0 Å². The van der Waals surface area contributed by atoms with Gasteiger partial charge < -0.3 is 14.8 Å². The summed E-state index contributed by atoms with van der Waals surface area (Å²) in [7, 11) is 1.64. The molecule has 0 saturated heterocycles. The Hall–Kier alpha value is -4.25. The number of carbonyl (C=O) groups is 1. The molecule has 0 aliphatic carbocycles. The fourth-order valence-corrected chi connectivity index (χ4v) is 4.60. The minimum atomic E-state index is -0.549. The molecule has 0 bridgehead atoms. The summed E-state index contributed by atoms with van der Waals surface area (Å²) in [6, 6.07) is 29.1. The summed E-state index contributed by atoms with van der Waals surface area (Å²) in [5.74, 6) is 1.47. The molecule has 5 rings (SSSR count). The Bertz CT molecular complexity index is 1350. The lowest BCUT2D eigenvalue weighted by Gasteiger charge is -2.36. The second kappa shape index (κ2) is 9.55. The molecule has 176 valence electrons. The monoisotopic (exact) mass is 464 g/mol. The molecule has 1 amide bonds. The number of amides is 1. The highest BCUT2D eigenvalue weighted by Gasteiger charge is 2.35. The number of hydrogen-bond acceptors (Lipinski definition) is 4. The Kier molecular flexibility index (Phi) is 6.15. The first-order valence-corrected chi connectivity index (χ1v) is 11.7. The Balaban J connectivity index is 1.52. The maximum Gasteiger partial charge on any atom is 0.258 e. The maximum absolute atomic E-state index is 14.0. The van der Waals surface area contributed by atoms with Crippen LogP contribution < -0.4 is 19.7 Å². The van der Waals surface area contributed by atoms with Crippen molar-refractivity contribution in [3.63, 3.8) is 0 Å². The highest BCUT2D eigenvalue weighted by molar-refractivity contribution is 6.10. The summed E-state index contributed by atoms with van der Waals surface area (Å²) in [6.45, 7) is 4.43. The molecule has 1 atom stereocenters. The summed E-state index contributed by atoms with van der Waals surface area (Å²) < 4.78 is 11.6. The van der Waals surface area contributed by atoms with Gasteiger partial charge in [-0.1, -0.05) is 42.5 Å². The van der Waals surface area contributed by atoms with Gasteiger partial charge in [0.15, 0.2) is 0 Å². The van der Waals surface area contributed by atoms with Gasteiger partial charge in [0.25, 0.3) is 5.91 Å². The molecular weight excluding hydrogens is 436 g/mol. The number of para-hydroxylation sites is 3. The number of rotatable bonds is 6. The number of aryl methyl sites for hydroxylation is 2. The van der Waals surface area contributed by atoms with E-state index >= 15 is 0 Å². The van der Waals surface area contributed by atoms with Gasteiger partial charge in [0.1, 0.15) is 24.1 Å². The Morgan fingerprint density at radius 3 is 2.31 bits per heavy atom. The van der Waals surface area contributed by atoms with Crippen molar-refractivity contribution in [3.8, 4) is 11.5 Å². The van der Waals surface area contributed by atoms with Gasteiger partial charge in [0, 0.05) is 11.3 Å². The molecule has 0 fully saturated rings. The molecule has 4 aromatic carbocycles. The molecule has 4 aromatic rings. The van der Waals surface area contributed by atoms with E-state index < -0.39 is 6.04 Å². The maximum atomic E-state index is 14.0. The van der Waals surface area contributed by atoms with Crippen molar-refractivity contribution < 1.29 is 14.3 Å². The van der Waals surface area contributed by atoms with Crippen LogP contribution in [0.3, 0.4) is 0 Å². The predicted octanol–water partition coefficient (Wildman–Crippen LogP) is 6.72. The van der Waals surface area contributed by atoms with Gasteiger partial charge in [-0.25, -0.2) is 0 Å². The van der Waals surface area contributed by atoms with Crippen LogP contribution in [0, 0.1) is 13.8 Å². The van der Waals surface area contributed by atoms with Crippen molar-refractivity contribution in [2.24, 2.45) is 0 Å². The highest BCUT2D eigenvalue weighted by atomic mass is 16.5. The van der Waals surface area contributed by atoms with E-state index in [9.17, 15) is 4.79 Å². The molecule has 1 unspecified atom stereocenters. The molecule has 5 heteroatoms. The fraction of sp³-hybridized carbons (Fsp3) is 0.167. The largest absolute Gasteiger partial charge is 0.496 e. The average Bonchev–Trinajstić information content (AvgIpc) is 2.87. The predicted molar refractivity (Wildman–Crippen MR) is 140 cm³/mol. The lowest BCUT2D eigenvalue weighted by molar-refractivity contribution is -0.118. The summed E-state index contributed by atoms with van der Waals surface area (Å²) in [4.78, 5) is 15.8. The molecule has 0 saturated carbocycles. The lowest BCUT2D eigenvalue weighted by Crippen LogP contribution is -2.39. The molecule has 0 aromatic heterocycles. The molecule has 1 aliphatic rings. The van der Waals surface area contributed by atoms with Crippen LogP contribution in [-0.2, 0) is 11.4 Å². The SMILES string of the molecule is COc1ccc(C2Nc3ccccc3N(c3cc(C)cc(C)c3)C2=O)cc1COc1ccccc1. The number of nitrogens with one attached hydrogen (secondary N) is 1. The minimum absolute atomic E-state index is 0.0335. The van der Waals surface area contributed by atoms with Crippen molar-refractivity contribution in [1.82, 2.24) is 0 Å². The highest BCUT2D eigenvalue weighted by Crippen LogP contribution is 2.41. The third-order valence-electron chi connectivity index (χ3n) is 6.15. The third kappa shape index (κ3) is 4.58. The van der Waals surface area contributed by atoms with Crippen LogP contribution in [0.5, 0.6) is 11.5 Å². The smallest absolute Gasteiger partial charge is 0.258 e. The number of ether oxygens (including phenoxy) is 2. The van der Waals surface area contributed by atoms with Gasteiger partial charge in [0.2, 0.25) is 0 Å². The lowest BCUT2D eigenvalue weighted by atomic mass is 9.98. The van der Waals surface area contributed by atoms with Crippen molar-refractivity contribution in [2.75, 3.05) is 17.3 Å². The number of nitrogens with zero attached hydrogens (tertiary/aromatic N) is 1. The zero-order valence-corrected chi connectivity index (χ0v) is 20.1. The molecule has 35 heavy (non-hydrogen) atoms. The van der Waals surface area contributed by atoms with E-state index in [4.69, 9.17) is 9.47 Å². The van der Waals surface area contributed by atoms with Crippen LogP contribution >= 0.6 is 0 Å². The topological polar surface area (TPSA) is 50.8 Å². The second-order valence-electron chi connectivity index (χ2n) is 8.79. The zero-order valence-electron chi connectivity index (χ0n) is 20.1. The second-order valence-corrected chi connectivity index (χ2v) is 8.79. The van der Waals surface area contributed by atoms with E-state index in [0.29, 0.717) is 6.61 Å². The number of anilines is 3. The molecule has 0 spiro atoms. The van der Waals surface area contributed by atoms with E-state index in [0.717, 1.165) is 50.8 Å². The van der Waals surface area contributed by atoms with Crippen molar-refractivity contribution in [3.05, 3.63) is 113 Å². The summed E-state index contributed by atoms with van der Waals surface area (Å²) in [5, 5.41) is 3.46. The van der Waals surface area contributed by atoms with E-state index in [1.807, 2.05) is 77.7 Å². The molecule has 1 aliphatic heterocycles. The first kappa shape index (κ1) is 22.5. The van der Waals surface area contributed by atoms with Crippen molar-refractivity contribution in [2.45, 2.75) is 26.5 Å². The van der Waals surface area contributed by atoms with Crippen LogP contribution in [0.2, 0.25) is 0 Å². The first-order valence-electron chi connectivity index (χ1n) is 11.7. The van der Waals surface area contributed by atoms with Crippen molar-refractivity contribution in [1.29, 1.82) is 0 Å². The zero-order chi connectivity index (χ0) is 24.4. The van der Waals surface area contributed by atoms with E-state index in [1.54, 1.807) is 7.11 Å². The van der Waals surface area contributed by atoms with Crippen LogP contribution in [0.25, 0.3) is 0 Å². The van der Waals surface area contributed by atoms with Gasteiger partial charge in [-0.3, -0.25) is 9.69 Å². The average molecular weight is 465 g/mol. The first-order chi connectivity index (χ1) is 17.0. The number of hydrogen-bond donors (Lipinski definition) is 1. The number of fused-ring (bicyclic) bond motifs is 1. The molecule has 5 nitrogen and oxygen atoms in total. The Morgan fingerprint density at radius 2 is 1.57 bits per heavy atom. The summed E-state index contributed by atoms with van der Waals surface area (Å²) in [5.41, 5.74) is 6.59. The molecule has 0 radical (unpaired) electrons. The Morgan fingerprint density at radius 1 is 0.857 bits per heavy atom. The van der Waals surface area contributed by atoms with Crippen LogP contribution in [-0.4, -0.2) is 13.0 Å². The van der Waals surface area contributed by atoms with Gasteiger partial charge in [-0.2, -0.15) is 0 Å². The number of benzene rings is 4. The van der Waals surface area contributed by atoms with Gasteiger partial charge in [-0.15, -0.1) is 0 Å². The molecule has 1 N–H and O–H groups in total. The van der Waals surface area contributed by atoms with Crippen LogP contribution in [0.1, 0.15) is 28.3 Å². The van der Waals surface area contributed by atoms with Crippen LogP contribution in [0.15, 0.2) is 91.0 Å². The van der Waals surface area contributed by atoms with E-state index in [2.05, 4.69) is 37.4 Å². The van der Waals surface area contributed by atoms with Gasteiger partial charge in [0.05, 0.1) is 18.5 Å². The standard InChI is InChI=1S/C30H28N2O3/c1-20-15-21(2)17-24(16-20)32-27-12-8-7-11-26(27)31-29(30(32)33)22-13-14-28(34-3)23(18-22)19-35-25-9-5-4-6-10-25/h4-18,29,31H,19H2,1-3H3. The summed E-state index contributed by atoms with van der Waals surface area (Å²) >= 11 is 0. The molecular formula is C30H28N2O3. The third-order valence-corrected chi connectivity index (χ3v) is 6.15. The van der Waals surface area contributed by atoms with E-state index in [-0.39, 0.29) is 5.91 Å². The quantitative estimate of drug-likeness (QED) is 0.344. The summed E-state index contributed by atoms with van der Waals surface area (Å²) in [6.07, 6.45) is 0. The van der Waals surface area contributed by atoms with Gasteiger partial charge >= 0.3 is 0 Å². The fourth-order valence-electron chi connectivity index (χ4n) is 4.60. The molecule has 1 heterocycles. The Labute approximate surface area is 205 Å². The van der Waals surface area contributed by atoms with Gasteiger partial charge in [-0.05, 0) is 79.1 Å². The van der Waals surface area contributed by atoms with Crippen LogP contribution in [0.4, 0.5) is 17.1 Å². The minimum Gasteiger partial charge on any atom is -0.496 e. The number of methoxy groups -OCH3 is 1.